The number of hydrogen-bond donors (Lipinski definition) is 6. The van der Waals surface area contributed by atoms with E-state index in [1.807, 2.05) is 44.2 Å². The van der Waals surface area contributed by atoms with E-state index in [0.717, 1.165) is 6.42 Å². The minimum absolute atomic E-state index is 0.0484. The van der Waals surface area contributed by atoms with Crippen LogP contribution in [0.15, 0.2) is 79.4 Å². The molecular weight excluding hydrogens is 678 g/mol. The fourth-order valence-electron chi connectivity index (χ4n) is 4.53. The number of phenolic OH excluding ortho intramolecular Hbond substituents is 1. The van der Waals surface area contributed by atoms with Crippen LogP contribution in [-0.4, -0.2) is 72.9 Å². The number of carbonyl (C=O) groups excluding carboxylic acids is 5. The highest BCUT2D eigenvalue weighted by molar-refractivity contribution is 5.91. The molecular formula is C40H59N5O8. The Bertz CT molecular complexity index is 1490. The Labute approximate surface area is 314 Å². The molecule has 0 radical (unpaired) electrons. The van der Waals surface area contributed by atoms with E-state index >= 15 is 0 Å². The van der Waals surface area contributed by atoms with Gasteiger partial charge in [0.25, 0.3) is 0 Å². The molecule has 13 heteroatoms. The summed E-state index contributed by atoms with van der Waals surface area (Å²) in [6.45, 7) is 20.0. The van der Waals surface area contributed by atoms with Gasteiger partial charge in [-0.05, 0) is 102 Å². The summed E-state index contributed by atoms with van der Waals surface area (Å²) in [5, 5.41) is 18.9. The van der Waals surface area contributed by atoms with Crippen LogP contribution in [0.5, 0.6) is 5.75 Å². The van der Waals surface area contributed by atoms with E-state index in [0.29, 0.717) is 24.2 Å². The van der Waals surface area contributed by atoms with Crippen LogP contribution in [0.2, 0.25) is 0 Å². The van der Waals surface area contributed by atoms with Crippen molar-refractivity contribution in [1.82, 2.24) is 21.3 Å². The molecule has 0 heterocycles. The van der Waals surface area contributed by atoms with Crippen molar-refractivity contribution in [3.63, 3.8) is 0 Å². The third-order valence-corrected chi connectivity index (χ3v) is 7.01. The summed E-state index contributed by atoms with van der Waals surface area (Å²) in [7, 11) is 0. The Kier molecular flexibility index (Phi) is 23.5. The van der Waals surface area contributed by atoms with E-state index in [1.54, 1.807) is 39.0 Å². The van der Waals surface area contributed by atoms with Crippen molar-refractivity contribution in [2.24, 2.45) is 5.73 Å². The lowest BCUT2D eigenvalue weighted by molar-refractivity contribution is -0.129. The smallest absolute Gasteiger partial charge is 0.408 e. The number of phenols is 1. The van der Waals surface area contributed by atoms with Gasteiger partial charge in [-0.2, -0.15) is 0 Å². The van der Waals surface area contributed by atoms with Crippen molar-refractivity contribution in [3.8, 4) is 5.75 Å². The van der Waals surface area contributed by atoms with Crippen LogP contribution in [0, 0.1) is 20.8 Å². The number of ether oxygens (including phenoxy) is 2. The number of benzene rings is 2. The number of allylic oxidation sites excluding steroid dienone is 2. The number of rotatable bonds is 16. The molecule has 7 N–H and O–H groups in total. The standard InChI is InChI=1S/C23H37N5O7.C10H14O.C7H8/c1-6-10-16(7-2)15-34-21(32)25-12-9-8-11-17(20(31)26-13-18(24)29)28-19(30)14-27-22(33)35-23(3,4)5;1-4-10-7(2)5-9(11)6-8(10)3;1-7-5-3-2-4-6-7/h6-7,10,17H,1-2,8-9,11-15H2,3-5H3,(H2,24,29)(H,25,32)(H,26,31)(H,27,33)(H,28,30);5-6,11H,4H2,1-3H3;2-6H,1H3/b16-10+;;. The molecule has 0 aromatic heterocycles. The minimum atomic E-state index is -0.978. The van der Waals surface area contributed by atoms with E-state index < -0.39 is 48.1 Å². The zero-order valence-corrected chi connectivity index (χ0v) is 32.3. The van der Waals surface area contributed by atoms with Crippen LogP contribution < -0.4 is 27.0 Å². The molecule has 0 saturated carbocycles. The van der Waals surface area contributed by atoms with Gasteiger partial charge in [0.05, 0.1) is 6.54 Å². The predicted molar refractivity (Wildman–Crippen MR) is 208 cm³/mol. The average molecular weight is 738 g/mol. The zero-order chi connectivity index (χ0) is 40.4. The second-order valence-electron chi connectivity index (χ2n) is 12.9. The number of hydrogen-bond acceptors (Lipinski definition) is 8. The van der Waals surface area contributed by atoms with Crippen LogP contribution in [0.3, 0.4) is 0 Å². The number of amides is 5. The molecule has 2 aromatic rings. The zero-order valence-electron chi connectivity index (χ0n) is 32.3. The number of aromatic hydroxyl groups is 1. The Morgan fingerprint density at radius 1 is 0.906 bits per heavy atom. The van der Waals surface area contributed by atoms with E-state index in [9.17, 15) is 29.1 Å². The highest BCUT2D eigenvalue weighted by Gasteiger charge is 2.22. The summed E-state index contributed by atoms with van der Waals surface area (Å²) in [4.78, 5) is 58.9. The van der Waals surface area contributed by atoms with Gasteiger partial charge in [0.2, 0.25) is 17.7 Å². The molecule has 5 amide bonds. The van der Waals surface area contributed by atoms with Gasteiger partial charge in [0, 0.05) is 6.54 Å². The first kappa shape index (κ1) is 47.4. The van der Waals surface area contributed by atoms with Gasteiger partial charge in [0.15, 0.2) is 0 Å². The summed E-state index contributed by atoms with van der Waals surface area (Å²) < 4.78 is 10.1. The second-order valence-corrected chi connectivity index (χ2v) is 12.9. The Morgan fingerprint density at radius 3 is 2.02 bits per heavy atom. The molecule has 0 aliphatic heterocycles. The molecule has 0 saturated heterocycles. The fraction of sp³-hybridized carbons (Fsp3) is 0.425. The monoisotopic (exact) mass is 737 g/mol. The molecule has 1 atom stereocenters. The largest absolute Gasteiger partial charge is 0.508 e. The molecule has 2 aromatic carbocycles. The van der Waals surface area contributed by atoms with Crippen LogP contribution in [0.4, 0.5) is 9.59 Å². The van der Waals surface area contributed by atoms with Crippen molar-refractivity contribution in [2.45, 2.75) is 85.8 Å². The summed E-state index contributed by atoms with van der Waals surface area (Å²) >= 11 is 0. The molecule has 0 spiro atoms. The summed E-state index contributed by atoms with van der Waals surface area (Å²) in [6, 6.07) is 12.9. The van der Waals surface area contributed by atoms with Crippen LogP contribution in [0.1, 0.15) is 69.2 Å². The van der Waals surface area contributed by atoms with E-state index in [-0.39, 0.29) is 26.1 Å². The number of aryl methyl sites for hydroxylation is 3. The Hall–Kier alpha value is -5.59. The van der Waals surface area contributed by atoms with Crippen molar-refractivity contribution in [2.75, 3.05) is 26.2 Å². The van der Waals surface area contributed by atoms with Crippen LogP contribution in [-0.2, 0) is 30.3 Å². The van der Waals surface area contributed by atoms with Crippen molar-refractivity contribution in [3.05, 3.63) is 102 Å². The first-order valence-corrected chi connectivity index (χ1v) is 17.4. The minimum Gasteiger partial charge on any atom is -0.508 e. The van der Waals surface area contributed by atoms with Gasteiger partial charge in [-0.1, -0.05) is 74.2 Å². The number of nitrogens with two attached hydrogens (primary N) is 1. The van der Waals surface area contributed by atoms with Gasteiger partial charge >= 0.3 is 12.2 Å². The van der Waals surface area contributed by atoms with Gasteiger partial charge in [-0.15, -0.1) is 0 Å². The SMILES string of the molecule is C=C/C=C(\C=C)COC(=O)NCCCCC(NC(=O)CNC(=O)OC(C)(C)C)C(=O)NCC(N)=O.CCc1c(C)cc(O)cc1C.Cc1ccccc1. The van der Waals surface area contributed by atoms with Gasteiger partial charge in [-0.25, -0.2) is 9.59 Å². The van der Waals surface area contributed by atoms with Gasteiger partial charge in [0.1, 0.15) is 30.5 Å². The number of carbonyl (C=O) groups is 5. The quantitative estimate of drug-likeness (QED) is 0.0978. The molecule has 1 unspecified atom stereocenters. The van der Waals surface area contributed by atoms with Gasteiger partial charge in [-0.3, -0.25) is 14.4 Å². The Balaban J connectivity index is 0.00000120. The molecule has 0 aliphatic carbocycles. The number of alkyl carbamates (subject to hydrolysis) is 2. The maximum absolute atomic E-state index is 12.4. The number of nitrogens with one attached hydrogen (secondary N) is 4. The van der Waals surface area contributed by atoms with Crippen molar-refractivity contribution in [1.29, 1.82) is 0 Å². The summed E-state index contributed by atoms with van der Waals surface area (Å²) in [5.74, 6) is -1.59. The molecule has 0 aliphatic rings. The molecule has 13 nitrogen and oxygen atoms in total. The molecule has 53 heavy (non-hydrogen) atoms. The van der Waals surface area contributed by atoms with E-state index in [2.05, 4.69) is 60.4 Å². The highest BCUT2D eigenvalue weighted by atomic mass is 16.6. The number of unbranched alkanes of at least 4 members (excludes halogenated alkanes) is 1. The van der Waals surface area contributed by atoms with E-state index in [1.165, 1.54) is 22.3 Å². The lowest BCUT2D eigenvalue weighted by Gasteiger charge is -2.21. The Morgan fingerprint density at radius 2 is 1.53 bits per heavy atom. The van der Waals surface area contributed by atoms with Crippen LogP contribution in [0.25, 0.3) is 0 Å². The summed E-state index contributed by atoms with van der Waals surface area (Å²) in [5.41, 5.74) is 10.0. The van der Waals surface area contributed by atoms with Gasteiger partial charge < -0.3 is 41.6 Å². The highest BCUT2D eigenvalue weighted by Crippen LogP contribution is 2.20. The third-order valence-electron chi connectivity index (χ3n) is 7.01. The molecule has 292 valence electrons. The van der Waals surface area contributed by atoms with Crippen molar-refractivity contribution >= 4 is 29.9 Å². The maximum Gasteiger partial charge on any atom is 0.408 e. The average Bonchev–Trinajstić information content (AvgIpc) is 3.07. The fourth-order valence-corrected chi connectivity index (χ4v) is 4.53. The second kappa shape index (κ2) is 26.2. The summed E-state index contributed by atoms with van der Waals surface area (Å²) in [6.07, 6.45) is 5.57. The van der Waals surface area contributed by atoms with Crippen LogP contribution >= 0.6 is 0 Å². The third kappa shape index (κ3) is 24.3. The first-order valence-electron chi connectivity index (χ1n) is 17.4. The molecule has 0 fully saturated rings. The molecule has 0 bridgehead atoms. The van der Waals surface area contributed by atoms with Crippen molar-refractivity contribution < 1.29 is 38.6 Å². The lowest BCUT2D eigenvalue weighted by Crippen LogP contribution is -2.51. The first-order chi connectivity index (χ1) is 24.9. The predicted octanol–water partition coefficient (Wildman–Crippen LogP) is 5.36. The maximum atomic E-state index is 12.4. The number of primary amides is 1. The lowest BCUT2D eigenvalue weighted by atomic mass is 10.0. The molecule has 2 rings (SSSR count). The normalized spacial score (nSPS) is 11.1. The van der Waals surface area contributed by atoms with E-state index in [4.69, 9.17) is 15.2 Å². The topological polar surface area (TPSA) is 198 Å².